The molecule has 1 saturated carbocycles. The maximum Gasteiger partial charge on any atom is 0.330 e. The Labute approximate surface area is 118 Å². The zero-order valence-corrected chi connectivity index (χ0v) is 12.3. The molecule has 0 aromatic rings. The lowest BCUT2D eigenvalue weighted by Gasteiger charge is -2.29. The lowest BCUT2D eigenvalue weighted by molar-refractivity contribution is -0.150. The molecule has 0 aliphatic heterocycles. The third-order valence-corrected chi connectivity index (χ3v) is 3.87. The van der Waals surface area contributed by atoms with Crippen molar-refractivity contribution < 1.29 is 24.2 Å². The molecule has 0 saturated heterocycles. The highest BCUT2D eigenvalue weighted by Crippen LogP contribution is 2.44. The van der Waals surface area contributed by atoms with Crippen LogP contribution >= 0.6 is 0 Å². The molecule has 0 aromatic carbocycles. The van der Waals surface area contributed by atoms with Gasteiger partial charge in [0.1, 0.15) is 5.54 Å². The van der Waals surface area contributed by atoms with Crippen LogP contribution in [-0.2, 0) is 19.1 Å². The molecule has 2 N–H and O–H groups in total. The summed E-state index contributed by atoms with van der Waals surface area (Å²) in [6, 6.07) is 0. The summed E-state index contributed by atoms with van der Waals surface area (Å²) in [5, 5.41) is 11.6. The molecule has 0 unspecified atom stereocenters. The zero-order valence-electron chi connectivity index (χ0n) is 12.3. The molecule has 0 radical (unpaired) electrons. The molecule has 1 fully saturated rings. The maximum atomic E-state index is 12.1. The number of aliphatic carboxylic acids is 1. The number of ether oxygens (including phenoxy) is 1. The Hall–Kier alpha value is -1.59. The van der Waals surface area contributed by atoms with Gasteiger partial charge in [-0.25, -0.2) is 4.79 Å². The van der Waals surface area contributed by atoms with Crippen LogP contribution in [0.1, 0.15) is 52.4 Å². The lowest BCUT2D eigenvalue weighted by Crippen LogP contribution is -2.51. The van der Waals surface area contributed by atoms with Crippen LogP contribution in [0, 0.1) is 5.41 Å². The number of methoxy groups -OCH3 is 1. The average Bonchev–Trinajstić information content (AvgIpc) is 2.73. The predicted octanol–water partition coefficient (Wildman–Crippen LogP) is 1.48. The monoisotopic (exact) mass is 285 g/mol. The van der Waals surface area contributed by atoms with Crippen molar-refractivity contribution in [3.05, 3.63) is 0 Å². The second kappa shape index (κ2) is 6.24. The standard InChI is InChI=1S/C14H23NO5/c1-13(2,12(19)20-3)15-10(16)8-14(9-11(17)18)6-4-5-7-14/h4-9H2,1-3H3,(H,15,16)(H,17,18). The summed E-state index contributed by atoms with van der Waals surface area (Å²) in [4.78, 5) is 34.6. The van der Waals surface area contributed by atoms with Crippen molar-refractivity contribution in [3.63, 3.8) is 0 Å². The highest BCUT2D eigenvalue weighted by atomic mass is 16.5. The molecule has 0 heterocycles. The van der Waals surface area contributed by atoms with E-state index in [2.05, 4.69) is 10.1 Å². The summed E-state index contributed by atoms with van der Waals surface area (Å²) in [5.74, 6) is -1.71. The topological polar surface area (TPSA) is 92.7 Å². The van der Waals surface area contributed by atoms with Crippen molar-refractivity contribution >= 4 is 17.8 Å². The smallest absolute Gasteiger partial charge is 0.330 e. The van der Waals surface area contributed by atoms with E-state index < -0.39 is 22.9 Å². The van der Waals surface area contributed by atoms with Gasteiger partial charge in [0.2, 0.25) is 5.91 Å². The number of amides is 1. The highest BCUT2D eigenvalue weighted by Gasteiger charge is 2.39. The molecule has 0 atom stereocenters. The van der Waals surface area contributed by atoms with Crippen LogP contribution in [0.4, 0.5) is 0 Å². The fourth-order valence-corrected chi connectivity index (χ4v) is 2.90. The van der Waals surface area contributed by atoms with Gasteiger partial charge in [-0.05, 0) is 32.1 Å². The van der Waals surface area contributed by atoms with E-state index in [0.29, 0.717) is 0 Å². The Balaban J connectivity index is 2.68. The number of hydrogen-bond donors (Lipinski definition) is 2. The van der Waals surface area contributed by atoms with Gasteiger partial charge in [-0.15, -0.1) is 0 Å². The molecule has 0 aromatic heterocycles. The minimum Gasteiger partial charge on any atom is -0.481 e. The number of carbonyl (C=O) groups is 3. The molecule has 1 aliphatic rings. The number of carbonyl (C=O) groups excluding carboxylic acids is 2. The summed E-state index contributed by atoms with van der Waals surface area (Å²) in [5.41, 5.74) is -1.57. The molecule has 0 bridgehead atoms. The van der Waals surface area contributed by atoms with Crippen LogP contribution in [0.2, 0.25) is 0 Å². The number of carboxylic acid groups (broad SMARTS) is 1. The number of hydrogen-bond acceptors (Lipinski definition) is 4. The molecule has 114 valence electrons. The van der Waals surface area contributed by atoms with E-state index in [4.69, 9.17) is 5.11 Å². The van der Waals surface area contributed by atoms with Crippen LogP contribution in [0.25, 0.3) is 0 Å². The van der Waals surface area contributed by atoms with Crippen molar-refractivity contribution in [1.29, 1.82) is 0 Å². The first-order chi connectivity index (χ1) is 9.21. The minimum absolute atomic E-state index is 0.000920. The van der Waals surface area contributed by atoms with Crippen molar-refractivity contribution in [1.82, 2.24) is 5.32 Å². The largest absolute Gasteiger partial charge is 0.481 e. The molecular weight excluding hydrogens is 262 g/mol. The Morgan fingerprint density at radius 2 is 1.75 bits per heavy atom. The molecule has 0 spiro atoms. The first kappa shape index (κ1) is 16.5. The first-order valence-corrected chi connectivity index (χ1v) is 6.82. The second-order valence-electron chi connectivity index (χ2n) is 6.12. The van der Waals surface area contributed by atoms with Gasteiger partial charge >= 0.3 is 11.9 Å². The van der Waals surface area contributed by atoms with Gasteiger partial charge in [0.15, 0.2) is 0 Å². The summed E-state index contributed by atoms with van der Waals surface area (Å²) in [7, 11) is 1.26. The van der Waals surface area contributed by atoms with Gasteiger partial charge in [0.25, 0.3) is 0 Å². The summed E-state index contributed by atoms with van der Waals surface area (Å²) < 4.78 is 4.63. The zero-order chi connectivity index (χ0) is 15.4. The van der Waals surface area contributed by atoms with Gasteiger partial charge in [0.05, 0.1) is 13.5 Å². The van der Waals surface area contributed by atoms with Crippen molar-refractivity contribution in [2.24, 2.45) is 5.41 Å². The van der Waals surface area contributed by atoms with E-state index in [9.17, 15) is 14.4 Å². The van der Waals surface area contributed by atoms with Gasteiger partial charge in [-0.3, -0.25) is 9.59 Å². The molecule has 6 heteroatoms. The van der Waals surface area contributed by atoms with E-state index in [1.54, 1.807) is 13.8 Å². The fourth-order valence-electron chi connectivity index (χ4n) is 2.90. The normalized spacial score (nSPS) is 17.6. The molecule has 1 rings (SSSR count). The van der Waals surface area contributed by atoms with E-state index in [1.165, 1.54) is 7.11 Å². The Bertz CT molecular complexity index is 396. The number of esters is 1. The third-order valence-electron chi connectivity index (χ3n) is 3.87. The Morgan fingerprint density at radius 1 is 1.20 bits per heavy atom. The highest BCUT2D eigenvalue weighted by molar-refractivity contribution is 5.87. The van der Waals surface area contributed by atoms with Crippen LogP contribution in [0.15, 0.2) is 0 Å². The lowest BCUT2D eigenvalue weighted by atomic mass is 9.79. The third kappa shape index (κ3) is 4.21. The van der Waals surface area contributed by atoms with Crippen LogP contribution in [0.5, 0.6) is 0 Å². The predicted molar refractivity (Wildman–Crippen MR) is 72.0 cm³/mol. The fraction of sp³-hybridized carbons (Fsp3) is 0.786. The van der Waals surface area contributed by atoms with Crippen molar-refractivity contribution in [2.45, 2.75) is 57.9 Å². The van der Waals surface area contributed by atoms with E-state index in [-0.39, 0.29) is 18.7 Å². The van der Waals surface area contributed by atoms with Gasteiger partial charge < -0.3 is 15.2 Å². The van der Waals surface area contributed by atoms with Crippen molar-refractivity contribution in [2.75, 3.05) is 7.11 Å². The van der Waals surface area contributed by atoms with E-state index in [0.717, 1.165) is 25.7 Å². The summed E-state index contributed by atoms with van der Waals surface area (Å²) in [6.45, 7) is 3.13. The van der Waals surface area contributed by atoms with E-state index in [1.807, 2.05) is 0 Å². The average molecular weight is 285 g/mol. The van der Waals surface area contributed by atoms with Gasteiger partial charge in [-0.2, -0.15) is 0 Å². The first-order valence-electron chi connectivity index (χ1n) is 6.82. The Morgan fingerprint density at radius 3 is 2.20 bits per heavy atom. The van der Waals surface area contributed by atoms with Gasteiger partial charge in [-0.1, -0.05) is 12.8 Å². The van der Waals surface area contributed by atoms with Crippen LogP contribution < -0.4 is 5.32 Å². The summed E-state index contributed by atoms with van der Waals surface area (Å²) >= 11 is 0. The second-order valence-corrected chi connectivity index (χ2v) is 6.12. The van der Waals surface area contributed by atoms with Crippen LogP contribution in [-0.4, -0.2) is 35.6 Å². The SMILES string of the molecule is COC(=O)C(C)(C)NC(=O)CC1(CC(=O)O)CCCC1. The minimum atomic E-state index is -1.10. The molecule has 6 nitrogen and oxygen atoms in total. The molecule has 20 heavy (non-hydrogen) atoms. The Kier molecular flexibility index (Phi) is 5.14. The maximum absolute atomic E-state index is 12.1. The molecule has 1 aliphatic carbocycles. The van der Waals surface area contributed by atoms with Crippen molar-refractivity contribution in [3.8, 4) is 0 Å². The molecular formula is C14H23NO5. The quantitative estimate of drug-likeness (QED) is 0.721. The van der Waals surface area contributed by atoms with Crippen LogP contribution in [0.3, 0.4) is 0 Å². The van der Waals surface area contributed by atoms with E-state index >= 15 is 0 Å². The van der Waals surface area contributed by atoms with Gasteiger partial charge in [0, 0.05) is 6.42 Å². The molecule has 1 amide bonds. The number of nitrogens with one attached hydrogen (secondary N) is 1. The number of rotatable bonds is 6. The summed E-state index contributed by atoms with van der Waals surface area (Å²) in [6.07, 6.45) is 3.51. The number of carboxylic acids is 1.